The van der Waals surface area contributed by atoms with Gasteiger partial charge in [0, 0.05) is 24.5 Å². The zero-order valence-electron chi connectivity index (χ0n) is 17.7. The summed E-state index contributed by atoms with van der Waals surface area (Å²) in [6.07, 6.45) is 5.49. The highest BCUT2D eigenvalue weighted by Gasteiger charge is 2.34. The number of piperazine rings is 1. The summed E-state index contributed by atoms with van der Waals surface area (Å²) < 4.78 is 11.0. The molecule has 1 amide bonds. The SMILES string of the molecule is COc1ccc(OC)c([C@@H]2CCCN2C(=O)C[NH+]2CCN(c3ncccn3)CC2)c1. The molecule has 3 heterocycles. The molecule has 1 N–H and O–H groups in total. The number of likely N-dealkylation sites (tertiary alicyclic amines) is 1. The molecule has 8 nitrogen and oxygen atoms in total. The fourth-order valence-electron chi connectivity index (χ4n) is 4.46. The van der Waals surface area contributed by atoms with Crippen LogP contribution in [-0.4, -0.2) is 74.3 Å². The fraction of sp³-hybridized carbons (Fsp3) is 0.500. The van der Waals surface area contributed by atoms with E-state index in [0.29, 0.717) is 6.54 Å². The number of amides is 1. The lowest BCUT2D eigenvalue weighted by Gasteiger charge is -2.33. The molecular weight excluding hydrogens is 382 g/mol. The minimum atomic E-state index is 0.0426. The van der Waals surface area contributed by atoms with Gasteiger partial charge in [0.1, 0.15) is 11.5 Å². The van der Waals surface area contributed by atoms with E-state index < -0.39 is 0 Å². The van der Waals surface area contributed by atoms with E-state index in [2.05, 4.69) is 14.9 Å². The quantitative estimate of drug-likeness (QED) is 0.748. The zero-order valence-corrected chi connectivity index (χ0v) is 17.7. The molecule has 2 aromatic rings. The van der Waals surface area contributed by atoms with Crippen molar-refractivity contribution in [3.8, 4) is 11.5 Å². The van der Waals surface area contributed by atoms with Crippen molar-refractivity contribution >= 4 is 11.9 Å². The van der Waals surface area contributed by atoms with Crippen LogP contribution in [0.2, 0.25) is 0 Å². The highest BCUT2D eigenvalue weighted by atomic mass is 16.5. The Hall–Kier alpha value is -2.87. The van der Waals surface area contributed by atoms with E-state index in [1.807, 2.05) is 29.2 Å². The van der Waals surface area contributed by atoms with E-state index >= 15 is 0 Å². The molecule has 160 valence electrons. The number of anilines is 1. The Bertz CT molecular complexity index is 855. The molecule has 8 heteroatoms. The van der Waals surface area contributed by atoms with Crippen LogP contribution >= 0.6 is 0 Å². The van der Waals surface area contributed by atoms with Crippen molar-refractivity contribution in [2.45, 2.75) is 18.9 Å². The number of hydrogen-bond donors (Lipinski definition) is 1. The van der Waals surface area contributed by atoms with Crippen LogP contribution in [0.15, 0.2) is 36.7 Å². The lowest BCUT2D eigenvalue weighted by Crippen LogP contribution is -3.15. The van der Waals surface area contributed by atoms with Crippen molar-refractivity contribution in [1.82, 2.24) is 14.9 Å². The van der Waals surface area contributed by atoms with E-state index in [4.69, 9.17) is 9.47 Å². The number of aromatic nitrogens is 2. The molecule has 0 aliphatic carbocycles. The number of methoxy groups -OCH3 is 2. The maximum Gasteiger partial charge on any atom is 0.278 e. The van der Waals surface area contributed by atoms with Gasteiger partial charge in [-0.15, -0.1) is 0 Å². The third-order valence-electron chi connectivity index (χ3n) is 6.08. The van der Waals surface area contributed by atoms with E-state index in [0.717, 1.165) is 68.6 Å². The van der Waals surface area contributed by atoms with Crippen LogP contribution in [0, 0.1) is 0 Å². The molecule has 2 fully saturated rings. The Labute approximate surface area is 177 Å². The number of carbonyl (C=O) groups is 1. The number of hydrogen-bond acceptors (Lipinski definition) is 6. The van der Waals surface area contributed by atoms with Crippen LogP contribution in [0.5, 0.6) is 11.5 Å². The molecule has 0 unspecified atom stereocenters. The predicted molar refractivity (Wildman–Crippen MR) is 113 cm³/mol. The van der Waals surface area contributed by atoms with E-state index in [9.17, 15) is 4.79 Å². The highest BCUT2D eigenvalue weighted by molar-refractivity contribution is 5.78. The second kappa shape index (κ2) is 9.30. The first-order valence-electron chi connectivity index (χ1n) is 10.6. The minimum Gasteiger partial charge on any atom is -0.497 e. The first-order valence-corrected chi connectivity index (χ1v) is 10.6. The number of quaternary nitrogens is 1. The molecule has 2 aliphatic rings. The standard InChI is InChI=1S/C22H29N5O3/c1-29-17-6-7-20(30-2)18(15-17)19-5-3-10-27(19)21(28)16-25-11-13-26(14-12-25)22-23-8-4-9-24-22/h4,6-9,15,19H,3,5,10-14,16H2,1-2H3/p+1/t19-/m0/s1. The van der Waals surface area contributed by atoms with Crippen LogP contribution in [0.3, 0.4) is 0 Å². The van der Waals surface area contributed by atoms with Crippen LogP contribution < -0.4 is 19.3 Å². The number of carbonyl (C=O) groups excluding carboxylic acids is 1. The Morgan fingerprint density at radius 1 is 1.13 bits per heavy atom. The number of ether oxygens (including phenoxy) is 2. The molecule has 0 saturated carbocycles. The summed E-state index contributed by atoms with van der Waals surface area (Å²) in [5.41, 5.74) is 1.03. The van der Waals surface area contributed by atoms with Gasteiger partial charge in [0.15, 0.2) is 6.54 Å². The van der Waals surface area contributed by atoms with Gasteiger partial charge >= 0.3 is 0 Å². The largest absolute Gasteiger partial charge is 0.497 e. The molecule has 30 heavy (non-hydrogen) atoms. The average Bonchev–Trinajstić information content (AvgIpc) is 3.30. The van der Waals surface area contributed by atoms with Crippen molar-refractivity contribution in [1.29, 1.82) is 0 Å². The van der Waals surface area contributed by atoms with Crippen LogP contribution in [-0.2, 0) is 4.79 Å². The van der Waals surface area contributed by atoms with Gasteiger partial charge in [-0.05, 0) is 37.1 Å². The average molecular weight is 413 g/mol. The second-order valence-electron chi connectivity index (χ2n) is 7.82. The maximum absolute atomic E-state index is 13.2. The van der Waals surface area contributed by atoms with Gasteiger partial charge < -0.3 is 24.2 Å². The summed E-state index contributed by atoms with van der Waals surface area (Å²) in [5.74, 6) is 2.58. The normalized spacial score (nSPS) is 19.7. The Balaban J connectivity index is 1.39. The summed E-state index contributed by atoms with van der Waals surface area (Å²) in [6.45, 7) is 4.85. The molecule has 0 bridgehead atoms. The third kappa shape index (κ3) is 4.33. The van der Waals surface area contributed by atoms with Gasteiger partial charge in [0.25, 0.3) is 5.91 Å². The number of benzene rings is 1. The van der Waals surface area contributed by atoms with Crippen LogP contribution in [0.1, 0.15) is 24.4 Å². The van der Waals surface area contributed by atoms with Gasteiger partial charge in [-0.25, -0.2) is 9.97 Å². The van der Waals surface area contributed by atoms with Crippen molar-refractivity contribution in [2.75, 3.05) is 58.4 Å². The maximum atomic E-state index is 13.2. The minimum absolute atomic E-state index is 0.0426. The van der Waals surface area contributed by atoms with Crippen molar-refractivity contribution in [2.24, 2.45) is 0 Å². The summed E-state index contributed by atoms with van der Waals surface area (Å²) in [5, 5.41) is 0. The molecule has 0 spiro atoms. The number of rotatable bonds is 6. The van der Waals surface area contributed by atoms with Crippen LogP contribution in [0.4, 0.5) is 5.95 Å². The van der Waals surface area contributed by atoms with Crippen molar-refractivity contribution in [3.05, 3.63) is 42.2 Å². The Kier molecular flexibility index (Phi) is 6.32. The van der Waals surface area contributed by atoms with E-state index in [1.165, 1.54) is 4.90 Å². The zero-order chi connectivity index (χ0) is 20.9. The number of nitrogens with one attached hydrogen (secondary N) is 1. The lowest BCUT2D eigenvalue weighted by atomic mass is 10.0. The first-order chi connectivity index (χ1) is 14.7. The monoisotopic (exact) mass is 412 g/mol. The third-order valence-corrected chi connectivity index (χ3v) is 6.08. The van der Waals surface area contributed by atoms with Gasteiger partial charge in [0.05, 0.1) is 46.4 Å². The summed E-state index contributed by atoms with van der Waals surface area (Å²) in [4.78, 5) is 27.4. The van der Waals surface area contributed by atoms with Gasteiger partial charge in [0.2, 0.25) is 5.95 Å². The van der Waals surface area contributed by atoms with Crippen molar-refractivity contribution < 1.29 is 19.2 Å². The molecule has 1 aromatic heterocycles. The second-order valence-corrected chi connectivity index (χ2v) is 7.82. The number of nitrogens with zero attached hydrogens (tertiary/aromatic N) is 4. The van der Waals surface area contributed by atoms with Gasteiger partial charge in [-0.3, -0.25) is 4.79 Å². The smallest absolute Gasteiger partial charge is 0.278 e. The van der Waals surface area contributed by atoms with Crippen LogP contribution in [0.25, 0.3) is 0 Å². The summed E-state index contributed by atoms with van der Waals surface area (Å²) in [6, 6.07) is 7.68. The predicted octanol–water partition coefficient (Wildman–Crippen LogP) is 0.562. The highest BCUT2D eigenvalue weighted by Crippen LogP contribution is 2.38. The fourth-order valence-corrected chi connectivity index (χ4v) is 4.46. The topological polar surface area (TPSA) is 72.2 Å². The van der Waals surface area contributed by atoms with Gasteiger partial charge in [-0.1, -0.05) is 0 Å². The molecule has 1 aromatic carbocycles. The molecule has 2 saturated heterocycles. The first kappa shape index (κ1) is 20.4. The summed E-state index contributed by atoms with van der Waals surface area (Å²) in [7, 11) is 3.33. The molecule has 0 radical (unpaired) electrons. The van der Waals surface area contributed by atoms with Crippen molar-refractivity contribution in [3.63, 3.8) is 0 Å². The summed E-state index contributed by atoms with van der Waals surface area (Å²) >= 11 is 0. The molecule has 1 atom stereocenters. The Morgan fingerprint density at radius 3 is 2.60 bits per heavy atom. The molecule has 2 aliphatic heterocycles. The lowest BCUT2D eigenvalue weighted by molar-refractivity contribution is -0.892. The van der Waals surface area contributed by atoms with Gasteiger partial charge in [-0.2, -0.15) is 0 Å². The Morgan fingerprint density at radius 2 is 1.90 bits per heavy atom. The molecular formula is C22H30N5O3+. The molecule has 4 rings (SSSR count). The van der Waals surface area contributed by atoms with E-state index in [1.54, 1.807) is 26.6 Å². The van der Waals surface area contributed by atoms with E-state index in [-0.39, 0.29) is 11.9 Å².